The van der Waals surface area contributed by atoms with Gasteiger partial charge in [0.05, 0.1) is 7.11 Å². The number of pyridine rings is 1. The fourth-order valence-corrected chi connectivity index (χ4v) is 1.96. The smallest absolute Gasteiger partial charge is 0.213 e. The van der Waals surface area contributed by atoms with E-state index in [0.29, 0.717) is 11.8 Å². The van der Waals surface area contributed by atoms with Crippen molar-refractivity contribution in [2.45, 2.75) is 25.8 Å². The highest BCUT2D eigenvalue weighted by Gasteiger charge is 2.57. The molecule has 1 heterocycles. The zero-order valence-corrected chi connectivity index (χ0v) is 8.82. The van der Waals surface area contributed by atoms with Gasteiger partial charge in [-0.05, 0) is 11.5 Å². The molecular weight excluding hydrogens is 176 g/mol. The summed E-state index contributed by atoms with van der Waals surface area (Å²) in [6.07, 6.45) is 0. The van der Waals surface area contributed by atoms with E-state index in [4.69, 9.17) is 10.5 Å². The van der Waals surface area contributed by atoms with E-state index in [1.165, 1.54) is 0 Å². The molecule has 1 aromatic heterocycles. The molecule has 0 saturated heterocycles. The van der Waals surface area contributed by atoms with E-state index in [0.717, 1.165) is 5.69 Å². The topological polar surface area (TPSA) is 48.1 Å². The molecule has 0 spiro atoms. The summed E-state index contributed by atoms with van der Waals surface area (Å²) in [6.45, 7) is 4.34. The summed E-state index contributed by atoms with van der Waals surface area (Å²) in [5, 5.41) is 0. The second-order valence-electron chi connectivity index (χ2n) is 4.43. The number of hydrogen-bond acceptors (Lipinski definition) is 3. The summed E-state index contributed by atoms with van der Waals surface area (Å²) in [6, 6.07) is 6.05. The molecule has 76 valence electrons. The first-order valence-corrected chi connectivity index (χ1v) is 4.84. The Morgan fingerprint density at radius 1 is 1.43 bits per heavy atom. The van der Waals surface area contributed by atoms with E-state index in [1.54, 1.807) is 7.11 Å². The highest BCUT2D eigenvalue weighted by Crippen LogP contribution is 2.56. The first-order chi connectivity index (χ1) is 6.57. The predicted octanol–water partition coefficient (Wildman–Crippen LogP) is 1.54. The average molecular weight is 192 g/mol. The maximum Gasteiger partial charge on any atom is 0.213 e. The van der Waals surface area contributed by atoms with Gasteiger partial charge in [0.25, 0.3) is 0 Å². The van der Waals surface area contributed by atoms with Gasteiger partial charge in [0.2, 0.25) is 5.88 Å². The Morgan fingerprint density at radius 3 is 2.57 bits per heavy atom. The number of nitrogens with two attached hydrogens (primary N) is 1. The van der Waals surface area contributed by atoms with Gasteiger partial charge in [-0.15, -0.1) is 0 Å². The Morgan fingerprint density at radius 2 is 2.07 bits per heavy atom. The van der Waals surface area contributed by atoms with Crippen molar-refractivity contribution in [2.75, 3.05) is 7.11 Å². The Kier molecular flexibility index (Phi) is 2.00. The minimum absolute atomic E-state index is 0.180. The second kappa shape index (κ2) is 2.95. The van der Waals surface area contributed by atoms with Crippen LogP contribution in [0, 0.1) is 5.41 Å². The monoisotopic (exact) mass is 192 g/mol. The van der Waals surface area contributed by atoms with Crippen LogP contribution in [0.2, 0.25) is 0 Å². The number of methoxy groups -OCH3 is 1. The highest BCUT2D eigenvalue weighted by molar-refractivity contribution is 5.31. The fourth-order valence-electron chi connectivity index (χ4n) is 1.96. The third kappa shape index (κ3) is 1.28. The van der Waals surface area contributed by atoms with Gasteiger partial charge in [-0.25, -0.2) is 4.98 Å². The summed E-state index contributed by atoms with van der Waals surface area (Å²) in [7, 11) is 1.63. The van der Waals surface area contributed by atoms with Crippen LogP contribution in [0.5, 0.6) is 5.88 Å². The van der Waals surface area contributed by atoms with Gasteiger partial charge >= 0.3 is 0 Å². The standard InChI is InChI=1S/C11H16N2O/c1-11(2)9(10(11)12)7-5-4-6-8(13-7)14-3/h4-6,9-10H,12H2,1-3H3/t9-,10-/m0/s1. The average Bonchev–Trinajstić information content (AvgIpc) is 2.66. The minimum atomic E-state index is 0.180. The van der Waals surface area contributed by atoms with Crippen LogP contribution in [0.25, 0.3) is 0 Å². The van der Waals surface area contributed by atoms with Crippen molar-refractivity contribution < 1.29 is 4.74 Å². The maximum atomic E-state index is 5.99. The number of hydrogen-bond donors (Lipinski definition) is 1. The predicted molar refractivity (Wildman–Crippen MR) is 55.3 cm³/mol. The number of ether oxygens (including phenoxy) is 1. The first kappa shape index (κ1) is 9.46. The summed E-state index contributed by atoms with van der Waals surface area (Å²) in [5.74, 6) is 1.04. The third-order valence-corrected chi connectivity index (χ3v) is 3.18. The van der Waals surface area contributed by atoms with Gasteiger partial charge in [0, 0.05) is 23.7 Å². The molecule has 3 heteroatoms. The number of rotatable bonds is 2. The van der Waals surface area contributed by atoms with E-state index in [2.05, 4.69) is 18.8 Å². The molecule has 0 radical (unpaired) electrons. The van der Waals surface area contributed by atoms with Gasteiger partial charge in [-0.1, -0.05) is 19.9 Å². The minimum Gasteiger partial charge on any atom is -0.481 e. The molecule has 0 aromatic carbocycles. The van der Waals surface area contributed by atoms with Gasteiger partial charge in [0.1, 0.15) is 0 Å². The molecule has 0 unspecified atom stereocenters. The fraction of sp³-hybridized carbons (Fsp3) is 0.545. The number of nitrogens with zero attached hydrogens (tertiary/aromatic N) is 1. The van der Waals surface area contributed by atoms with E-state index >= 15 is 0 Å². The van der Waals surface area contributed by atoms with Crippen LogP contribution in [0.4, 0.5) is 0 Å². The van der Waals surface area contributed by atoms with E-state index in [-0.39, 0.29) is 11.5 Å². The molecule has 1 saturated carbocycles. The quantitative estimate of drug-likeness (QED) is 0.773. The zero-order valence-electron chi connectivity index (χ0n) is 8.82. The lowest BCUT2D eigenvalue weighted by Crippen LogP contribution is -2.06. The molecule has 1 fully saturated rings. The Balaban J connectivity index is 2.26. The molecule has 14 heavy (non-hydrogen) atoms. The van der Waals surface area contributed by atoms with E-state index in [9.17, 15) is 0 Å². The summed E-state index contributed by atoms with van der Waals surface area (Å²) >= 11 is 0. The summed E-state index contributed by atoms with van der Waals surface area (Å²) in [5.41, 5.74) is 7.21. The SMILES string of the molecule is COc1cccc([C@H]2[C@H](N)C2(C)C)n1. The lowest BCUT2D eigenvalue weighted by atomic mass is 10.1. The van der Waals surface area contributed by atoms with Crippen LogP contribution in [0.3, 0.4) is 0 Å². The van der Waals surface area contributed by atoms with Gasteiger partial charge in [-0.3, -0.25) is 0 Å². The van der Waals surface area contributed by atoms with Crippen LogP contribution in [0.1, 0.15) is 25.5 Å². The van der Waals surface area contributed by atoms with Crippen LogP contribution >= 0.6 is 0 Å². The third-order valence-electron chi connectivity index (χ3n) is 3.18. The Hall–Kier alpha value is -1.09. The lowest BCUT2D eigenvalue weighted by Gasteiger charge is -2.03. The molecule has 0 bridgehead atoms. The lowest BCUT2D eigenvalue weighted by molar-refractivity contribution is 0.395. The molecule has 1 aliphatic rings. The first-order valence-electron chi connectivity index (χ1n) is 4.84. The summed E-state index contributed by atoms with van der Waals surface area (Å²) < 4.78 is 5.08. The molecule has 2 N–H and O–H groups in total. The van der Waals surface area contributed by atoms with Gasteiger partial charge < -0.3 is 10.5 Å². The Labute approximate surface area is 84.3 Å². The van der Waals surface area contributed by atoms with Crippen molar-refractivity contribution in [1.29, 1.82) is 0 Å². The maximum absolute atomic E-state index is 5.99. The van der Waals surface area contributed by atoms with Crippen molar-refractivity contribution in [3.8, 4) is 5.88 Å². The van der Waals surface area contributed by atoms with Crippen LogP contribution in [-0.2, 0) is 0 Å². The van der Waals surface area contributed by atoms with Crippen molar-refractivity contribution in [3.05, 3.63) is 23.9 Å². The van der Waals surface area contributed by atoms with Crippen LogP contribution in [-0.4, -0.2) is 18.1 Å². The van der Waals surface area contributed by atoms with E-state index in [1.807, 2.05) is 18.2 Å². The molecular formula is C11H16N2O. The molecule has 0 amide bonds. The van der Waals surface area contributed by atoms with Crippen LogP contribution < -0.4 is 10.5 Å². The summed E-state index contributed by atoms with van der Waals surface area (Å²) in [4.78, 5) is 4.40. The molecule has 1 aliphatic carbocycles. The number of aromatic nitrogens is 1. The van der Waals surface area contributed by atoms with Crippen molar-refractivity contribution in [3.63, 3.8) is 0 Å². The van der Waals surface area contributed by atoms with E-state index < -0.39 is 0 Å². The normalized spacial score (nSPS) is 28.6. The van der Waals surface area contributed by atoms with Crippen molar-refractivity contribution in [1.82, 2.24) is 4.98 Å². The second-order valence-corrected chi connectivity index (χ2v) is 4.43. The van der Waals surface area contributed by atoms with Gasteiger partial charge in [-0.2, -0.15) is 0 Å². The van der Waals surface area contributed by atoms with Crippen molar-refractivity contribution in [2.24, 2.45) is 11.1 Å². The zero-order chi connectivity index (χ0) is 10.3. The molecule has 1 aromatic rings. The highest BCUT2D eigenvalue weighted by atomic mass is 16.5. The molecule has 0 aliphatic heterocycles. The Bertz CT molecular complexity index is 349. The van der Waals surface area contributed by atoms with Crippen molar-refractivity contribution >= 4 is 0 Å². The van der Waals surface area contributed by atoms with Gasteiger partial charge in [0.15, 0.2) is 0 Å². The molecule has 3 nitrogen and oxygen atoms in total. The molecule has 2 rings (SSSR count). The molecule has 2 atom stereocenters. The van der Waals surface area contributed by atoms with Crippen LogP contribution in [0.15, 0.2) is 18.2 Å². The largest absolute Gasteiger partial charge is 0.481 e.